The van der Waals surface area contributed by atoms with Gasteiger partial charge in [0.25, 0.3) is 11.8 Å². The molecule has 0 aliphatic carbocycles. The van der Waals surface area contributed by atoms with Gasteiger partial charge in [-0.3, -0.25) is 19.5 Å². The summed E-state index contributed by atoms with van der Waals surface area (Å²) in [5.74, 6) is -0.998. The smallest absolute Gasteiger partial charge is 0.254 e. The van der Waals surface area contributed by atoms with E-state index < -0.39 is 11.7 Å². The first-order valence-corrected chi connectivity index (χ1v) is 13.0. The molecule has 0 atom stereocenters. The van der Waals surface area contributed by atoms with Gasteiger partial charge >= 0.3 is 0 Å². The molecule has 1 aliphatic heterocycles. The van der Waals surface area contributed by atoms with Crippen LogP contribution in [0.5, 0.6) is 5.75 Å². The van der Waals surface area contributed by atoms with Gasteiger partial charge in [0.1, 0.15) is 0 Å². The summed E-state index contributed by atoms with van der Waals surface area (Å²) in [6.07, 6.45) is 3.59. The van der Waals surface area contributed by atoms with Gasteiger partial charge < -0.3 is 20.4 Å². The number of ether oxygens (including phenoxy) is 1. The fourth-order valence-corrected chi connectivity index (χ4v) is 5.38. The van der Waals surface area contributed by atoms with Crippen LogP contribution in [0.25, 0.3) is 32.9 Å². The standard InChI is InChI=1S/C31H28FN5O3/c1-40-28-5-3-20(16-26(28)32)22-14-24-23-4-2-21(17-27(23)35-29(24)25(15-22)30(33)38)31(39)37-12-10-36(11-13-37)18-19-6-8-34-9-7-19/h2-9,14-17,35H,10-13,18H2,1H3,(H2,33,38). The molecule has 5 aromatic rings. The first kappa shape index (κ1) is 25.5. The predicted molar refractivity (Wildman–Crippen MR) is 152 cm³/mol. The molecule has 0 unspecified atom stereocenters. The Balaban J connectivity index is 1.28. The topological polar surface area (TPSA) is 105 Å². The Bertz CT molecular complexity index is 1740. The lowest BCUT2D eigenvalue weighted by molar-refractivity contribution is 0.0628. The zero-order valence-corrected chi connectivity index (χ0v) is 22.0. The van der Waals surface area contributed by atoms with Crippen LogP contribution in [0.3, 0.4) is 0 Å². The summed E-state index contributed by atoms with van der Waals surface area (Å²) < 4.78 is 19.5. The number of primary amides is 1. The van der Waals surface area contributed by atoms with E-state index in [1.54, 1.807) is 30.6 Å². The highest BCUT2D eigenvalue weighted by Crippen LogP contribution is 2.34. The van der Waals surface area contributed by atoms with E-state index in [0.717, 1.165) is 35.9 Å². The highest BCUT2D eigenvalue weighted by atomic mass is 19.1. The van der Waals surface area contributed by atoms with E-state index in [1.807, 2.05) is 41.3 Å². The van der Waals surface area contributed by atoms with Crippen molar-refractivity contribution in [2.24, 2.45) is 5.73 Å². The number of carbonyl (C=O) groups excluding carboxylic acids is 2. The lowest BCUT2D eigenvalue weighted by Crippen LogP contribution is -2.48. The Morgan fingerprint density at radius 3 is 2.42 bits per heavy atom. The Morgan fingerprint density at radius 1 is 0.950 bits per heavy atom. The van der Waals surface area contributed by atoms with Gasteiger partial charge in [-0.2, -0.15) is 0 Å². The number of piperazine rings is 1. The van der Waals surface area contributed by atoms with Crippen molar-refractivity contribution < 1.29 is 18.7 Å². The van der Waals surface area contributed by atoms with Crippen molar-refractivity contribution in [1.82, 2.24) is 19.8 Å². The van der Waals surface area contributed by atoms with Crippen molar-refractivity contribution in [3.05, 3.63) is 95.6 Å². The van der Waals surface area contributed by atoms with E-state index in [2.05, 4.69) is 14.9 Å². The molecule has 0 bridgehead atoms. The maximum absolute atomic E-state index is 14.4. The zero-order valence-electron chi connectivity index (χ0n) is 22.0. The first-order chi connectivity index (χ1) is 19.4. The van der Waals surface area contributed by atoms with Crippen molar-refractivity contribution in [3.63, 3.8) is 0 Å². The Labute approximate surface area is 230 Å². The maximum Gasteiger partial charge on any atom is 0.254 e. The van der Waals surface area contributed by atoms with Gasteiger partial charge in [0, 0.05) is 67.0 Å². The van der Waals surface area contributed by atoms with E-state index in [-0.39, 0.29) is 17.2 Å². The molecule has 1 fully saturated rings. The van der Waals surface area contributed by atoms with Crippen molar-refractivity contribution in [3.8, 4) is 16.9 Å². The molecule has 6 rings (SSSR count). The molecule has 3 heterocycles. The van der Waals surface area contributed by atoms with Crippen molar-refractivity contribution >= 4 is 33.6 Å². The molecule has 9 heteroatoms. The molecule has 0 radical (unpaired) electrons. The average molecular weight is 538 g/mol. The van der Waals surface area contributed by atoms with Crippen molar-refractivity contribution in [1.29, 1.82) is 0 Å². The largest absolute Gasteiger partial charge is 0.494 e. The fraction of sp³-hybridized carbons (Fsp3) is 0.194. The van der Waals surface area contributed by atoms with Gasteiger partial charge in [0.15, 0.2) is 11.6 Å². The van der Waals surface area contributed by atoms with Gasteiger partial charge in [-0.15, -0.1) is 0 Å². The molecular weight excluding hydrogens is 509 g/mol. The number of carbonyl (C=O) groups is 2. The maximum atomic E-state index is 14.4. The summed E-state index contributed by atoms with van der Waals surface area (Å²) in [7, 11) is 1.41. The minimum Gasteiger partial charge on any atom is -0.494 e. The SMILES string of the molecule is COc1ccc(-c2cc(C(N)=O)c3[nH]c4cc(C(=O)N5CCN(Cc6ccncc6)CC5)ccc4c3c2)cc1F. The molecule has 0 saturated carbocycles. The number of fused-ring (bicyclic) bond motifs is 3. The number of hydrogen-bond acceptors (Lipinski definition) is 5. The fourth-order valence-electron chi connectivity index (χ4n) is 5.38. The highest BCUT2D eigenvalue weighted by Gasteiger charge is 2.23. The molecule has 40 heavy (non-hydrogen) atoms. The Kier molecular flexibility index (Phi) is 6.65. The number of aromatic nitrogens is 2. The van der Waals surface area contributed by atoms with Crippen LogP contribution in [-0.4, -0.2) is 64.9 Å². The minimum atomic E-state index is -0.603. The Hall–Kier alpha value is -4.76. The lowest BCUT2D eigenvalue weighted by atomic mass is 9.98. The van der Waals surface area contributed by atoms with Gasteiger partial charge in [0.05, 0.1) is 18.2 Å². The van der Waals surface area contributed by atoms with Gasteiger partial charge in [-0.05, 0) is 65.2 Å². The summed E-state index contributed by atoms with van der Waals surface area (Å²) >= 11 is 0. The number of H-pyrrole nitrogens is 1. The quantitative estimate of drug-likeness (QED) is 0.330. The summed E-state index contributed by atoms with van der Waals surface area (Å²) in [5, 5.41) is 1.60. The van der Waals surface area contributed by atoms with E-state index in [0.29, 0.717) is 35.3 Å². The van der Waals surface area contributed by atoms with Crippen LogP contribution < -0.4 is 10.5 Å². The molecule has 2 amide bonds. The van der Waals surface area contributed by atoms with Crippen LogP contribution in [0.2, 0.25) is 0 Å². The number of pyridine rings is 1. The number of aromatic amines is 1. The Morgan fingerprint density at radius 2 is 1.73 bits per heavy atom. The number of nitrogens with one attached hydrogen (secondary N) is 1. The molecular formula is C31H28FN5O3. The van der Waals surface area contributed by atoms with Crippen LogP contribution in [0, 0.1) is 5.82 Å². The molecule has 8 nitrogen and oxygen atoms in total. The van der Waals surface area contributed by atoms with Crippen LogP contribution in [0.15, 0.2) is 73.1 Å². The number of methoxy groups -OCH3 is 1. The van der Waals surface area contributed by atoms with Crippen LogP contribution >= 0.6 is 0 Å². The van der Waals surface area contributed by atoms with E-state index in [1.165, 1.54) is 18.7 Å². The van der Waals surface area contributed by atoms with Gasteiger partial charge in [-0.25, -0.2) is 4.39 Å². The van der Waals surface area contributed by atoms with E-state index in [4.69, 9.17) is 10.5 Å². The minimum absolute atomic E-state index is 0.0337. The monoisotopic (exact) mass is 537 g/mol. The highest BCUT2D eigenvalue weighted by molar-refractivity contribution is 6.17. The molecule has 3 aromatic carbocycles. The van der Waals surface area contributed by atoms with Crippen molar-refractivity contribution in [2.75, 3.05) is 33.3 Å². The third-order valence-electron chi connectivity index (χ3n) is 7.52. The molecule has 1 aliphatic rings. The number of benzene rings is 3. The van der Waals surface area contributed by atoms with E-state index in [9.17, 15) is 14.0 Å². The number of amides is 2. The summed E-state index contributed by atoms with van der Waals surface area (Å²) in [6.45, 7) is 3.70. The summed E-state index contributed by atoms with van der Waals surface area (Å²) in [5.41, 5.74) is 10.3. The van der Waals surface area contributed by atoms with Gasteiger partial charge in [-0.1, -0.05) is 12.1 Å². The second-order valence-corrected chi connectivity index (χ2v) is 9.97. The van der Waals surface area contributed by atoms with Crippen LogP contribution in [0.1, 0.15) is 26.3 Å². The summed E-state index contributed by atoms with van der Waals surface area (Å²) in [6, 6.07) is 17.7. The van der Waals surface area contributed by atoms with Crippen molar-refractivity contribution in [2.45, 2.75) is 6.54 Å². The lowest BCUT2D eigenvalue weighted by Gasteiger charge is -2.34. The molecule has 3 N–H and O–H groups in total. The molecule has 1 saturated heterocycles. The third-order valence-corrected chi connectivity index (χ3v) is 7.52. The second-order valence-electron chi connectivity index (χ2n) is 9.97. The zero-order chi connectivity index (χ0) is 27.8. The average Bonchev–Trinajstić information content (AvgIpc) is 3.35. The molecule has 2 aromatic heterocycles. The number of hydrogen-bond donors (Lipinski definition) is 2. The molecule has 0 spiro atoms. The number of nitrogens with zero attached hydrogens (tertiary/aromatic N) is 3. The molecule has 202 valence electrons. The summed E-state index contributed by atoms with van der Waals surface area (Å²) in [4.78, 5) is 37.4. The van der Waals surface area contributed by atoms with Crippen LogP contribution in [-0.2, 0) is 6.54 Å². The van der Waals surface area contributed by atoms with Crippen LogP contribution in [0.4, 0.5) is 4.39 Å². The third kappa shape index (κ3) is 4.76. The number of nitrogens with two attached hydrogens (primary N) is 1. The predicted octanol–water partition coefficient (Wildman–Crippen LogP) is 4.59. The second kappa shape index (κ2) is 10.4. The number of halogens is 1. The van der Waals surface area contributed by atoms with Gasteiger partial charge in [0.2, 0.25) is 0 Å². The number of rotatable bonds is 6. The van der Waals surface area contributed by atoms with E-state index >= 15 is 0 Å². The normalized spacial score (nSPS) is 14.1. The first-order valence-electron chi connectivity index (χ1n) is 13.0.